The van der Waals surface area contributed by atoms with Gasteiger partial charge in [0.05, 0.1) is 6.54 Å². The van der Waals surface area contributed by atoms with Crippen LogP contribution in [0.1, 0.15) is 19.8 Å². The fourth-order valence-electron chi connectivity index (χ4n) is 0.969. The topological polar surface area (TPSA) is 42.7 Å². The van der Waals surface area contributed by atoms with E-state index in [0.29, 0.717) is 0 Å². The van der Waals surface area contributed by atoms with Crippen LogP contribution in [-0.4, -0.2) is 27.9 Å². The van der Waals surface area contributed by atoms with E-state index in [1.54, 1.807) is 12.7 Å². The lowest BCUT2D eigenvalue weighted by Crippen LogP contribution is -2.21. The Hall–Kier alpha value is -0.900. The van der Waals surface area contributed by atoms with E-state index in [1.165, 1.54) is 12.8 Å². The molecular formula is C8H16N4. The molecule has 0 aromatic carbocycles. The third kappa shape index (κ3) is 3.48. The van der Waals surface area contributed by atoms with Crippen LogP contribution in [-0.2, 0) is 6.54 Å². The van der Waals surface area contributed by atoms with Crippen molar-refractivity contribution in [2.45, 2.75) is 26.3 Å². The maximum absolute atomic E-state index is 4.00. The summed E-state index contributed by atoms with van der Waals surface area (Å²) in [6.07, 6.45) is 5.79. The van der Waals surface area contributed by atoms with Crippen LogP contribution in [0, 0.1) is 0 Å². The standard InChI is InChI=1S/C8H16N4/c1-2-3-4-9-5-6-12-8-10-7-11-12/h7-9H,2-6H2,1H3. The molecule has 0 radical (unpaired) electrons. The SMILES string of the molecule is CCCCNCCn1cncn1. The molecule has 0 bridgehead atoms. The summed E-state index contributed by atoms with van der Waals surface area (Å²) in [6, 6.07) is 0. The molecule has 1 N–H and O–H groups in total. The van der Waals surface area contributed by atoms with Crippen molar-refractivity contribution in [3.05, 3.63) is 12.7 Å². The van der Waals surface area contributed by atoms with Crippen LogP contribution < -0.4 is 5.32 Å². The molecule has 0 amide bonds. The first-order valence-electron chi connectivity index (χ1n) is 4.46. The normalized spacial score (nSPS) is 10.4. The summed E-state index contributed by atoms with van der Waals surface area (Å²) >= 11 is 0. The molecule has 0 spiro atoms. The molecule has 0 atom stereocenters. The highest BCUT2D eigenvalue weighted by Gasteiger charge is 1.89. The number of aromatic nitrogens is 3. The first-order chi connectivity index (χ1) is 5.93. The molecule has 0 aliphatic rings. The Kier molecular flexibility index (Phi) is 4.37. The highest BCUT2D eigenvalue weighted by atomic mass is 15.3. The lowest BCUT2D eigenvalue weighted by Gasteiger charge is -2.02. The van der Waals surface area contributed by atoms with Crippen molar-refractivity contribution in [1.82, 2.24) is 20.1 Å². The zero-order valence-electron chi connectivity index (χ0n) is 7.53. The number of hydrogen-bond acceptors (Lipinski definition) is 3. The van der Waals surface area contributed by atoms with Crippen LogP contribution in [0.5, 0.6) is 0 Å². The molecule has 4 nitrogen and oxygen atoms in total. The molecule has 1 aromatic heterocycles. The average molecular weight is 168 g/mol. The van der Waals surface area contributed by atoms with Gasteiger partial charge in [-0.15, -0.1) is 0 Å². The van der Waals surface area contributed by atoms with Crippen LogP contribution in [0.15, 0.2) is 12.7 Å². The number of hydrogen-bond donors (Lipinski definition) is 1. The van der Waals surface area contributed by atoms with E-state index in [1.807, 2.05) is 4.68 Å². The smallest absolute Gasteiger partial charge is 0.137 e. The Morgan fingerprint density at radius 2 is 2.33 bits per heavy atom. The minimum Gasteiger partial charge on any atom is -0.315 e. The molecular weight excluding hydrogens is 152 g/mol. The maximum Gasteiger partial charge on any atom is 0.137 e. The molecule has 0 saturated heterocycles. The molecule has 1 rings (SSSR count). The van der Waals surface area contributed by atoms with E-state index in [-0.39, 0.29) is 0 Å². The third-order valence-electron chi connectivity index (χ3n) is 1.69. The Balaban J connectivity index is 1.96. The first kappa shape index (κ1) is 9.19. The molecule has 4 heteroatoms. The van der Waals surface area contributed by atoms with Crippen molar-refractivity contribution in [3.63, 3.8) is 0 Å². The zero-order chi connectivity index (χ0) is 8.65. The van der Waals surface area contributed by atoms with Crippen LogP contribution in [0.4, 0.5) is 0 Å². The fourth-order valence-corrected chi connectivity index (χ4v) is 0.969. The molecule has 0 fully saturated rings. The van der Waals surface area contributed by atoms with E-state index in [0.717, 1.165) is 19.6 Å². The van der Waals surface area contributed by atoms with Gasteiger partial charge in [-0.05, 0) is 13.0 Å². The monoisotopic (exact) mass is 168 g/mol. The fraction of sp³-hybridized carbons (Fsp3) is 0.750. The van der Waals surface area contributed by atoms with Gasteiger partial charge in [0.1, 0.15) is 12.7 Å². The van der Waals surface area contributed by atoms with Crippen LogP contribution in [0.3, 0.4) is 0 Å². The Bertz CT molecular complexity index is 183. The molecule has 12 heavy (non-hydrogen) atoms. The number of rotatable bonds is 6. The Morgan fingerprint density at radius 3 is 3.00 bits per heavy atom. The average Bonchev–Trinajstić information content (AvgIpc) is 2.57. The summed E-state index contributed by atoms with van der Waals surface area (Å²) in [7, 11) is 0. The lowest BCUT2D eigenvalue weighted by atomic mass is 10.3. The van der Waals surface area contributed by atoms with E-state index >= 15 is 0 Å². The maximum atomic E-state index is 4.00. The van der Waals surface area contributed by atoms with Gasteiger partial charge in [0.2, 0.25) is 0 Å². The second-order valence-electron chi connectivity index (χ2n) is 2.76. The minimum atomic E-state index is 0.906. The molecule has 0 saturated carbocycles. The second-order valence-corrected chi connectivity index (χ2v) is 2.76. The number of unbranched alkanes of at least 4 members (excludes halogenated alkanes) is 1. The molecule has 0 aliphatic carbocycles. The third-order valence-corrected chi connectivity index (χ3v) is 1.69. The largest absolute Gasteiger partial charge is 0.315 e. The highest BCUT2D eigenvalue weighted by molar-refractivity contribution is 4.57. The minimum absolute atomic E-state index is 0.906. The summed E-state index contributed by atoms with van der Waals surface area (Å²) in [4.78, 5) is 3.86. The van der Waals surface area contributed by atoms with Crippen LogP contribution in [0.2, 0.25) is 0 Å². The predicted molar refractivity (Wildman–Crippen MR) is 47.8 cm³/mol. The van der Waals surface area contributed by atoms with Gasteiger partial charge in [0.25, 0.3) is 0 Å². The van der Waals surface area contributed by atoms with Gasteiger partial charge in [0.15, 0.2) is 0 Å². The van der Waals surface area contributed by atoms with Gasteiger partial charge in [0, 0.05) is 6.54 Å². The van der Waals surface area contributed by atoms with E-state index in [9.17, 15) is 0 Å². The van der Waals surface area contributed by atoms with Crippen molar-refractivity contribution < 1.29 is 0 Å². The van der Waals surface area contributed by atoms with Crippen molar-refractivity contribution in [2.24, 2.45) is 0 Å². The Labute approximate surface area is 73.0 Å². The molecule has 1 heterocycles. The van der Waals surface area contributed by atoms with E-state index in [4.69, 9.17) is 0 Å². The molecule has 0 unspecified atom stereocenters. The molecule has 68 valence electrons. The van der Waals surface area contributed by atoms with Crippen molar-refractivity contribution in [2.75, 3.05) is 13.1 Å². The van der Waals surface area contributed by atoms with Crippen molar-refractivity contribution in [1.29, 1.82) is 0 Å². The van der Waals surface area contributed by atoms with Gasteiger partial charge >= 0.3 is 0 Å². The van der Waals surface area contributed by atoms with Gasteiger partial charge in [-0.2, -0.15) is 5.10 Å². The summed E-state index contributed by atoms with van der Waals surface area (Å²) in [5.74, 6) is 0. The zero-order valence-corrected chi connectivity index (χ0v) is 7.53. The van der Waals surface area contributed by atoms with Crippen LogP contribution in [0.25, 0.3) is 0 Å². The lowest BCUT2D eigenvalue weighted by molar-refractivity contribution is 0.544. The second kappa shape index (κ2) is 5.71. The first-order valence-corrected chi connectivity index (χ1v) is 4.46. The summed E-state index contributed by atoms with van der Waals surface area (Å²) in [5, 5.41) is 7.34. The summed E-state index contributed by atoms with van der Waals surface area (Å²) < 4.78 is 1.83. The number of nitrogens with one attached hydrogen (secondary N) is 1. The molecule has 1 aromatic rings. The van der Waals surface area contributed by atoms with E-state index in [2.05, 4.69) is 22.3 Å². The van der Waals surface area contributed by atoms with Gasteiger partial charge in [-0.3, -0.25) is 4.68 Å². The summed E-state index contributed by atoms with van der Waals surface area (Å²) in [6.45, 7) is 5.18. The highest BCUT2D eigenvalue weighted by Crippen LogP contribution is 1.82. The van der Waals surface area contributed by atoms with Crippen LogP contribution >= 0.6 is 0 Å². The van der Waals surface area contributed by atoms with Gasteiger partial charge in [-0.1, -0.05) is 13.3 Å². The Morgan fingerprint density at radius 1 is 1.42 bits per heavy atom. The predicted octanol–water partition coefficient (Wildman–Crippen LogP) is 0.668. The van der Waals surface area contributed by atoms with Crippen molar-refractivity contribution >= 4 is 0 Å². The summed E-state index contributed by atoms with van der Waals surface area (Å²) in [5.41, 5.74) is 0. The van der Waals surface area contributed by atoms with Gasteiger partial charge in [-0.25, -0.2) is 4.98 Å². The van der Waals surface area contributed by atoms with Crippen molar-refractivity contribution in [3.8, 4) is 0 Å². The van der Waals surface area contributed by atoms with E-state index < -0.39 is 0 Å². The van der Waals surface area contributed by atoms with Gasteiger partial charge < -0.3 is 5.32 Å². The quantitative estimate of drug-likeness (QED) is 0.635. The number of nitrogens with zero attached hydrogens (tertiary/aromatic N) is 3. The molecule has 0 aliphatic heterocycles.